The molecule has 4 heteroatoms. The molecule has 2 rings (SSSR count). The molecular weight excluding hydrogens is 146 g/mol. The minimum absolute atomic E-state index is 0.493. The van der Waals surface area contributed by atoms with Gasteiger partial charge >= 0.3 is 0 Å². The van der Waals surface area contributed by atoms with Crippen LogP contribution in [0.2, 0.25) is 0 Å². The minimum Gasteiger partial charge on any atom is -0.308 e. The topological polar surface area (TPSA) is 37.8 Å². The van der Waals surface area contributed by atoms with Crippen molar-refractivity contribution in [3.8, 4) is 0 Å². The monoisotopic (exact) mass is 155 g/mol. The normalized spacial score (nSPS) is 25.4. The van der Waals surface area contributed by atoms with Crippen LogP contribution in [0, 0.1) is 0 Å². The number of aromatic nitrogens is 2. The summed E-state index contributed by atoms with van der Waals surface area (Å²) in [5.41, 5.74) is 1.79. The molecule has 2 heterocycles. The van der Waals surface area contributed by atoms with Crippen LogP contribution >= 0.6 is 11.3 Å². The van der Waals surface area contributed by atoms with Gasteiger partial charge in [-0.05, 0) is 19.4 Å². The third-order valence-corrected chi connectivity index (χ3v) is 2.54. The highest BCUT2D eigenvalue weighted by atomic mass is 32.1. The molecule has 1 unspecified atom stereocenters. The van der Waals surface area contributed by atoms with Crippen LogP contribution in [-0.2, 0) is 0 Å². The van der Waals surface area contributed by atoms with Crippen LogP contribution in [-0.4, -0.2) is 16.7 Å². The van der Waals surface area contributed by atoms with Gasteiger partial charge in [0.25, 0.3) is 0 Å². The van der Waals surface area contributed by atoms with Crippen molar-refractivity contribution in [3.05, 3.63) is 10.5 Å². The maximum Gasteiger partial charge on any atom is 0.134 e. The molecule has 1 aromatic rings. The maximum absolute atomic E-state index is 4.00. The number of rotatable bonds is 1. The van der Waals surface area contributed by atoms with Gasteiger partial charge in [0.05, 0.1) is 6.04 Å². The fourth-order valence-electron chi connectivity index (χ4n) is 1.23. The molecule has 0 aliphatic carbocycles. The van der Waals surface area contributed by atoms with Gasteiger partial charge in [-0.25, -0.2) is 0 Å². The highest BCUT2D eigenvalue weighted by Crippen LogP contribution is 2.23. The lowest BCUT2D eigenvalue weighted by molar-refractivity contribution is 0.635. The quantitative estimate of drug-likeness (QED) is 0.656. The first-order chi connectivity index (χ1) is 4.97. The highest BCUT2D eigenvalue weighted by molar-refractivity contribution is 7.09. The SMILES string of the molecule is c1nnc(C2CCCN2)s1. The fourth-order valence-corrected chi connectivity index (χ4v) is 1.89. The molecule has 1 aliphatic rings. The van der Waals surface area contributed by atoms with Gasteiger partial charge in [-0.3, -0.25) is 0 Å². The van der Waals surface area contributed by atoms with Gasteiger partial charge in [-0.2, -0.15) is 0 Å². The van der Waals surface area contributed by atoms with E-state index >= 15 is 0 Å². The summed E-state index contributed by atoms with van der Waals surface area (Å²) in [6, 6.07) is 0.493. The van der Waals surface area contributed by atoms with Gasteiger partial charge in [0, 0.05) is 0 Å². The molecule has 0 bridgehead atoms. The summed E-state index contributed by atoms with van der Waals surface area (Å²) in [4.78, 5) is 0. The van der Waals surface area contributed by atoms with Crippen LogP contribution in [0.5, 0.6) is 0 Å². The molecule has 1 fully saturated rings. The summed E-state index contributed by atoms with van der Waals surface area (Å²) in [7, 11) is 0. The molecule has 0 aromatic carbocycles. The molecule has 1 N–H and O–H groups in total. The average molecular weight is 155 g/mol. The molecule has 54 valence electrons. The van der Waals surface area contributed by atoms with E-state index < -0.39 is 0 Å². The van der Waals surface area contributed by atoms with Gasteiger partial charge in [0.2, 0.25) is 0 Å². The van der Waals surface area contributed by atoms with E-state index in [-0.39, 0.29) is 0 Å². The van der Waals surface area contributed by atoms with Crippen LogP contribution in [0.4, 0.5) is 0 Å². The molecule has 3 nitrogen and oxygen atoms in total. The zero-order valence-corrected chi connectivity index (χ0v) is 6.40. The van der Waals surface area contributed by atoms with E-state index in [0.29, 0.717) is 6.04 Å². The molecule has 0 radical (unpaired) electrons. The number of nitrogens with zero attached hydrogens (tertiary/aromatic N) is 2. The van der Waals surface area contributed by atoms with Gasteiger partial charge in [-0.15, -0.1) is 21.5 Å². The minimum atomic E-state index is 0.493. The van der Waals surface area contributed by atoms with Crippen molar-refractivity contribution in [2.45, 2.75) is 18.9 Å². The standard InChI is InChI=1S/C6H9N3S/c1-2-5(7-3-1)6-9-8-4-10-6/h4-5,7H,1-3H2. The Morgan fingerprint density at radius 2 is 2.70 bits per heavy atom. The Kier molecular flexibility index (Phi) is 1.65. The van der Waals surface area contributed by atoms with Gasteiger partial charge in [0.15, 0.2) is 0 Å². The smallest absolute Gasteiger partial charge is 0.134 e. The van der Waals surface area contributed by atoms with E-state index in [9.17, 15) is 0 Å². The molecule has 10 heavy (non-hydrogen) atoms. The Morgan fingerprint density at radius 1 is 1.70 bits per heavy atom. The summed E-state index contributed by atoms with van der Waals surface area (Å²) in [6.45, 7) is 1.13. The summed E-state index contributed by atoms with van der Waals surface area (Å²) in [5, 5.41) is 12.3. The molecule has 1 aliphatic heterocycles. The fraction of sp³-hybridized carbons (Fsp3) is 0.667. The van der Waals surface area contributed by atoms with Crippen molar-refractivity contribution in [3.63, 3.8) is 0 Å². The zero-order chi connectivity index (χ0) is 6.81. The first-order valence-electron chi connectivity index (χ1n) is 3.46. The van der Waals surface area contributed by atoms with Crippen molar-refractivity contribution < 1.29 is 0 Å². The second-order valence-electron chi connectivity index (χ2n) is 2.43. The van der Waals surface area contributed by atoms with Crippen molar-refractivity contribution in [1.29, 1.82) is 0 Å². The number of hydrogen-bond donors (Lipinski definition) is 1. The third kappa shape index (κ3) is 1.04. The van der Waals surface area contributed by atoms with Crippen molar-refractivity contribution in [2.75, 3.05) is 6.54 Å². The lowest BCUT2D eigenvalue weighted by atomic mass is 10.2. The van der Waals surface area contributed by atoms with E-state index in [4.69, 9.17) is 0 Å². The Morgan fingerprint density at radius 3 is 3.30 bits per heavy atom. The Labute approximate surface area is 63.5 Å². The maximum atomic E-state index is 4.00. The first-order valence-corrected chi connectivity index (χ1v) is 4.34. The molecule has 1 saturated heterocycles. The molecule has 1 aromatic heterocycles. The summed E-state index contributed by atoms with van der Waals surface area (Å²) in [6.07, 6.45) is 2.49. The van der Waals surface area contributed by atoms with E-state index in [0.717, 1.165) is 11.6 Å². The van der Waals surface area contributed by atoms with E-state index in [1.165, 1.54) is 12.8 Å². The first kappa shape index (κ1) is 6.24. The second-order valence-corrected chi connectivity index (χ2v) is 3.29. The van der Waals surface area contributed by atoms with Crippen LogP contribution in [0.3, 0.4) is 0 Å². The van der Waals surface area contributed by atoms with Crippen molar-refractivity contribution >= 4 is 11.3 Å². The highest BCUT2D eigenvalue weighted by Gasteiger charge is 2.18. The summed E-state index contributed by atoms with van der Waals surface area (Å²) >= 11 is 1.64. The predicted molar refractivity (Wildman–Crippen MR) is 39.9 cm³/mol. The van der Waals surface area contributed by atoms with E-state index in [2.05, 4.69) is 15.5 Å². The molecule has 0 spiro atoms. The van der Waals surface area contributed by atoms with Gasteiger partial charge in [-0.1, -0.05) is 0 Å². The van der Waals surface area contributed by atoms with Gasteiger partial charge in [0.1, 0.15) is 10.5 Å². The Bertz CT molecular complexity index is 191. The Hall–Kier alpha value is -0.480. The zero-order valence-electron chi connectivity index (χ0n) is 5.58. The second kappa shape index (κ2) is 2.64. The largest absolute Gasteiger partial charge is 0.308 e. The third-order valence-electron chi connectivity index (χ3n) is 1.74. The van der Waals surface area contributed by atoms with Crippen LogP contribution in [0.25, 0.3) is 0 Å². The number of hydrogen-bond acceptors (Lipinski definition) is 4. The lowest BCUT2D eigenvalue weighted by Gasteiger charge is -2.02. The molecular formula is C6H9N3S. The molecule has 0 saturated carbocycles. The van der Waals surface area contributed by atoms with Crippen molar-refractivity contribution in [1.82, 2.24) is 15.5 Å². The number of nitrogens with one attached hydrogen (secondary N) is 1. The molecule has 1 atom stereocenters. The lowest BCUT2D eigenvalue weighted by Crippen LogP contribution is -2.12. The summed E-state index contributed by atoms with van der Waals surface area (Å²) < 4.78 is 0. The van der Waals surface area contributed by atoms with Crippen LogP contribution < -0.4 is 5.32 Å². The summed E-state index contributed by atoms with van der Waals surface area (Å²) in [5.74, 6) is 0. The van der Waals surface area contributed by atoms with Gasteiger partial charge < -0.3 is 5.32 Å². The average Bonchev–Trinajstić information content (AvgIpc) is 2.59. The van der Waals surface area contributed by atoms with Crippen molar-refractivity contribution in [2.24, 2.45) is 0 Å². The van der Waals surface area contributed by atoms with E-state index in [1.807, 2.05) is 0 Å². The van der Waals surface area contributed by atoms with E-state index in [1.54, 1.807) is 16.8 Å². The predicted octanol–water partition coefficient (Wildman–Crippen LogP) is 0.963. The van der Waals surface area contributed by atoms with Crippen LogP contribution in [0.1, 0.15) is 23.9 Å². The Balaban J connectivity index is 2.12. The molecule has 0 amide bonds. The van der Waals surface area contributed by atoms with Crippen LogP contribution in [0.15, 0.2) is 5.51 Å².